The number of amides is 2. The number of carbonyl (C=O) groups is 2. The molecule has 1 saturated heterocycles. The first-order valence-electron chi connectivity index (χ1n) is 8.42. The van der Waals surface area contributed by atoms with Crippen LogP contribution in [0.2, 0.25) is 0 Å². The summed E-state index contributed by atoms with van der Waals surface area (Å²) in [4.78, 5) is 24.7. The first-order valence-corrected chi connectivity index (χ1v) is 11.0. The molecule has 1 aromatic carbocycles. The zero-order chi connectivity index (χ0) is 18.9. The van der Waals surface area contributed by atoms with E-state index in [1.165, 1.54) is 5.01 Å². The topological polar surface area (TPSA) is 95.9 Å². The largest absolute Gasteiger partial charge is 0.344 e. The Morgan fingerprint density at radius 3 is 2.73 bits per heavy atom. The Labute approximate surface area is 160 Å². The van der Waals surface area contributed by atoms with Gasteiger partial charge in [0.2, 0.25) is 5.91 Å². The van der Waals surface area contributed by atoms with Crippen molar-refractivity contribution in [2.45, 2.75) is 38.3 Å². The monoisotopic (exact) mass is 441 g/mol. The molecular weight excluding hydrogens is 422 g/mol. The molecule has 2 heterocycles. The summed E-state index contributed by atoms with van der Waals surface area (Å²) in [6.07, 6.45) is 0.773. The molecule has 0 radical (unpaired) electrons. The van der Waals surface area contributed by atoms with Crippen LogP contribution in [0.15, 0.2) is 33.8 Å². The number of nitrogens with zero attached hydrogens (tertiary/aromatic N) is 2. The first-order chi connectivity index (χ1) is 12.3. The van der Waals surface area contributed by atoms with Crippen molar-refractivity contribution in [2.75, 3.05) is 11.5 Å². The molecule has 0 spiro atoms. The van der Waals surface area contributed by atoms with E-state index < -0.39 is 15.9 Å². The molecule has 1 N–H and O–H groups in total. The van der Waals surface area contributed by atoms with Gasteiger partial charge < -0.3 is 5.32 Å². The van der Waals surface area contributed by atoms with Crippen molar-refractivity contribution in [1.29, 1.82) is 0 Å². The van der Waals surface area contributed by atoms with E-state index in [0.29, 0.717) is 6.42 Å². The molecule has 1 aromatic rings. The fourth-order valence-electron chi connectivity index (χ4n) is 3.17. The molecule has 7 nitrogen and oxygen atoms in total. The van der Waals surface area contributed by atoms with Crippen LogP contribution < -0.4 is 5.32 Å². The predicted molar refractivity (Wildman–Crippen MR) is 101 cm³/mol. The molecule has 2 aliphatic rings. The quantitative estimate of drug-likeness (QED) is 0.769. The van der Waals surface area contributed by atoms with Gasteiger partial charge in [0.05, 0.1) is 23.6 Å². The van der Waals surface area contributed by atoms with Crippen LogP contribution in [0.5, 0.6) is 0 Å². The Balaban J connectivity index is 1.73. The molecule has 0 aromatic heterocycles. The van der Waals surface area contributed by atoms with E-state index in [0.717, 1.165) is 10.0 Å². The van der Waals surface area contributed by atoms with Crippen LogP contribution in [0.1, 0.15) is 37.8 Å². The summed E-state index contributed by atoms with van der Waals surface area (Å²) >= 11 is 3.46. The fourth-order valence-corrected chi connectivity index (χ4v) is 5.49. The highest BCUT2D eigenvalue weighted by molar-refractivity contribution is 9.10. The molecule has 140 valence electrons. The lowest BCUT2D eigenvalue weighted by Crippen LogP contribution is -2.44. The summed E-state index contributed by atoms with van der Waals surface area (Å²) in [5.74, 6) is -0.615. The molecular formula is C17H20BrN3O4S. The van der Waals surface area contributed by atoms with Gasteiger partial charge in [0.1, 0.15) is 5.71 Å². The first kappa shape index (κ1) is 19.0. The van der Waals surface area contributed by atoms with Crippen LogP contribution in [-0.2, 0) is 19.4 Å². The van der Waals surface area contributed by atoms with Crippen molar-refractivity contribution in [1.82, 2.24) is 10.3 Å². The van der Waals surface area contributed by atoms with Crippen molar-refractivity contribution in [3.05, 3.63) is 34.3 Å². The van der Waals surface area contributed by atoms with E-state index in [4.69, 9.17) is 0 Å². The maximum atomic E-state index is 12.6. The van der Waals surface area contributed by atoms with Gasteiger partial charge in [0, 0.05) is 17.3 Å². The number of carbonyl (C=O) groups excluding carboxylic acids is 2. The van der Waals surface area contributed by atoms with Crippen molar-refractivity contribution in [3.8, 4) is 0 Å². The number of nitrogens with one attached hydrogen (secondary N) is 1. The third-order valence-electron chi connectivity index (χ3n) is 4.60. The molecule has 0 bridgehead atoms. The van der Waals surface area contributed by atoms with Crippen molar-refractivity contribution >= 4 is 43.3 Å². The van der Waals surface area contributed by atoms with Crippen molar-refractivity contribution in [2.24, 2.45) is 5.10 Å². The van der Waals surface area contributed by atoms with Gasteiger partial charge in [-0.05, 0) is 25.0 Å². The van der Waals surface area contributed by atoms with Crippen LogP contribution in [0, 0.1) is 0 Å². The van der Waals surface area contributed by atoms with E-state index >= 15 is 0 Å². The van der Waals surface area contributed by atoms with Crippen molar-refractivity contribution < 1.29 is 18.0 Å². The van der Waals surface area contributed by atoms with E-state index in [9.17, 15) is 18.0 Å². The Bertz CT molecular complexity index is 869. The van der Waals surface area contributed by atoms with Gasteiger partial charge in [-0.15, -0.1) is 0 Å². The smallest absolute Gasteiger partial charge is 0.267 e. The van der Waals surface area contributed by atoms with Crippen LogP contribution in [0.25, 0.3) is 0 Å². The molecule has 2 unspecified atom stereocenters. The third-order valence-corrected chi connectivity index (χ3v) is 7.07. The predicted octanol–water partition coefficient (Wildman–Crippen LogP) is 1.79. The summed E-state index contributed by atoms with van der Waals surface area (Å²) < 4.78 is 24.2. The minimum atomic E-state index is -3.13. The standard InChI is InChI=1S/C17H20BrN3O4S/c1-11(13-4-2-3-5-14(13)18)19-17(23)15-6-7-16(22)21(20-15)12-8-9-26(24,25)10-12/h2-5,11-12H,6-10H2,1H3,(H,19,23). The molecule has 0 saturated carbocycles. The highest BCUT2D eigenvalue weighted by Crippen LogP contribution is 2.24. The maximum absolute atomic E-state index is 12.6. The van der Waals surface area contributed by atoms with Crippen LogP contribution in [-0.4, -0.2) is 48.5 Å². The van der Waals surface area contributed by atoms with Gasteiger partial charge in [-0.25, -0.2) is 13.4 Å². The van der Waals surface area contributed by atoms with Gasteiger partial charge in [0.25, 0.3) is 5.91 Å². The minimum Gasteiger partial charge on any atom is -0.344 e. The Kier molecular flexibility index (Phi) is 5.47. The van der Waals surface area contributed by atoms with Crippen molar-refractivity contribution in [3.63, 3.8) is 0 Å². The maximum Gasteiger partial charge on any atom is 0.267 e. The molecule has 1 fully saturated rings. The second kappa shape index (κ2) is 7.48. The molecule has 2 atom stereocenters. The third kappa shape index (κ3) is 4.15. The lowest BCUT2D eigenvalue weighted by atomic mass is 10.1. The second-order valence-electron chi connectivity index (χ2n) is 6.56. The average Bonchev–Trinajstić information content (AvgIpc) is 2.95. The van der Waals surface area contributed by atoms with E-state index in [1.807, 2.05) is 31.2 Å². The van der Waals surface area contributed by atoms with Gasteiger partial charge in [-0.3, -0.25) is 9.59 Å². The van der Waals surface area contributed by atoms with E-state index in [2.05, 4.69) is 26.3 Å². The fraction of sp³-hybridized carbons (Fsp3) is 0.471. The Morgan fingerprint density at radius 2 is 2.08 bits per heavy atom. The number of hydrogen-bond donors (Lipinski definition) is 1. The molecule has 26 heavy (non-hydrogen) atoms. The lowest BCUT2D eigenvalue weighted by Gasteiger charge is -2.28. The lowest BCUT2D eigenvalue weighted by molar-refractivity contribution is -0.133. The van der Waals surface area contributed by atoms with Gasteiger partial charge in [-0.2, -0.15) is 5.10 Å². The van der Waals surface area contributed by atoms with E-state index in [1.54, 1.807) is 0 Å². The van der Waals surface area contributed by atoms with Crippen LogP contribution in [0.3, 0.4) is 0 Å². The number of halogens is 1. The number of rotatable bonds is 4. The highest BCUT2D eigenvalue weighted by atomic mass is 79.9. The number of benzene rings is 1. The average molecular weight is 442 g/mol. The summed E-state index contributed by atoms with van der Waals surface area (Å²) in [6.45, 7) is 1.87. The molecule has 2 aliphatic heterocycles. The summed E-state index contributed by atoms with van der Waals surface area (Å²) in [6, 6.07) is 6.89. The zero-order valence-electron chi connectivity index (χ0n) is 14.3. The minimum absolute atomic E-state index is 0.0531. The summed E-state index contributed by atoms with van der Waals surface area (Å²) in [7, 11) is -3.13. The molecule has 3 rings (SSSR count). The Hall–Kier alpha value is -1.74. The molecule has 0 aliphatic carbocycles. The van der Waals surface area contributed by atoms with Gasteiger partial charge >= 0.3 is 0 Å². The van der Waals surface area contributed by atoms with Crippen LogP contribution >= 0.6 is 15.9 Å². The molecule has 2 amide bonds. The van der Waals surface area contributed by atoms with Gasteiger partial charge in [-0.1, -0.05) is 34.1 Å². The SMILES string of the molecule is CC(NC(=O)C1=NN(C2CCS(=O)(=O)C2)C(=O)CC1)c1ccccc1Br. The van der Waals surface area contributed by atoms with E-state index in [-0.39, 0.29) is 47.9 Å². The second-order valence-corrected chi connectivity index (χ2v) is 9.64. The van der Waals surface area contributed by atoms with Crippen LogP contribution in [0.4, 0.5) is 0 Å². The summed E-state index contributed by atoms with van der Waals surface area (Å²) in [5.41, 5.74) is 1.19. The number of sulfone groups is 1. The Morgan fingerprint density at radius 1 is 1.35 bits per heavy atom. The van der Waals surface area contributed by atoms with Gasteiger partial charge in [0.15, 0.2) is 9.84 Å². The highest BCUT2D eigenvalue weighted by Gasteiger charge is 2.37. The normalized spacial score (nSPS) is 23.5. The summed E-state index contributed by atoms with van der Waals surface area (Å²) in [5, 5.41) is 8.29. The number of hydrogen-bond acceptors (Lipinski definition) is 5. The zero-order valence-corrected chi connectivity index (χ0v) is 16.7. The molecule has 9 heteroatoms. The number of hydrazone groups is 1.